The first-order chi connectivity index (χ1) is 10.6. The average molecular weight is 312 g/mol. The van der Waals surface area contributed by atoms with Crippen LogP contribution in [0.15, 0.2) is 40.7 Å². The highest BCUT2D eigenvalue weighted by molar-refractivity contribution is 8.03. The zero-order valence-corrected chi connectivity index (χ0v) is 13.9. The van der Waals surface area contributed by atoms with Gasteiger partial charge in [0.1, 0.15) is 10.7 Å². The largest absolute Gasteiger partial charge is 0.323 e. The third-order valence-electron chi connectivity index (χ3n) is 3.56. The van der Waals surface area contributed by atoms with Crippen molar-refractivity contribution >= 4 is 23.7 Å². The molecule has 22 heavy (non-hydrogen) atoms. The molecule has 2 aromatic rings. The van der Waals surface area contributed by atoms with Crippen molar-refractivity contribution in [1.29, 1.82) is 0 Å². The molecule has 0 unspecified atom stereocenters. The maximum atomic E-state index is 4.56. The lowest BCUT2D eigenvalue weighted by atomic mass is 10.3. The molecule has 0 aliphatic carbocycles. The van der Waals surface area contributed by atoms with Crippen LogP contribution in [0.5, 0.6) is 0 Å². The third kappa shape index (κ3) is 2.74. The van der Waals surface area contributed by atoms with Gasteiger partial charge in [-0.2, -0.15) is 0 Å². The smallest absolute Gasteiger partial charge is 0.322 e. The third-order valence-corrected chi connectivity index (χ3v) is 4.66. The summed E-state index contributed by atoms with van der Waals surface area (Å²) in [5, 5.41) is 2.05. The number of thioether (sulfide) groups is 1. The molecule has 0 spiro atoms. The number of fused-ring (bicyclic) bond motifs is 1. The van der Waals surface area contributed by atoms with Crippen molar-refractivity contribution in [2.45, 2.75) is 18.9 Å². The van der Waals surface area contributed by atoms with Gasteiger partial charge >= 0.3 is 5.82 Å². The van der Waals surface area contributed by atoms with Crippen LogP contribution in [0, 0.1) is 13.8 Å². The van der Waals surface area contributed by atoms with Gasteiger partial charge in [-0.3, -0.25) is 0 Å². The lowest BCUT2D eigenvalue weighted by Gasteiger charge is -2.10. The van der Waals surface area contributed by atoms with Crippen molar-refractivity contribution in [3.05, 3.63) is 52.9 Å². The summed E-state index contributed by atoms with van der Waals surface area (Å²) in [6, 6.07) is 2.07. The van der Waals surface area contributed by atoms with Crippen molar-refractivity contribution < 1.29 is 4.57 Å². The molecule has 3 heterocycles. The number of hydrogen-bond acceptors (Lipinski definition) is 5. The van der Waals surface area contributed by atoms with Gasteiger partial charge < -0.3 is 4.90 Å². The molecule has 0 radical (unpaired) electrons. The van der Waals surface area contributed by atoms with E-state index in [1.807, 2.05) is 38.1 Å². The summed E-state index contributed by atoms with van der Waals surface area (Å²) >= 11 is 1.62. The Morgan fingerprint density at radius 2 is 2.00 bits per heavy atom. The second-order valence-corrected chi connectivity index (χ2v) is 6.18. The summed E-state index contributed by atoms with van der Waals surface area (Å²) in [5.74, 6) is 1.84. The van der Waals surface area contributed by atoms with E-state index in [0.29, 0.717) is 0 Å². The second kappa shape index (κ2) is 5.88. The van der Waals surface area contributed by atoms with Gasteiger partial charge in [-0.1, -0.05) is 6.08 Å². The zero-order valence-electron chi connectivity index (χ0n) is 13.1. The van der Waals surface area contributed by atoms with Crippen molar-refractivity contribution in [3.8, 4) is 0 Å². The fourth-order valence-corrected chi connectivity index (χ4v) is 3.23. The summed E-state index contributed by atoms with van der Waals surface area (Å²) in [4.78, 5) is 15.3. The Bertz CT molecular complexity index is 782. The monoisotopic (exact) mass is 312 g/mol. The average Bonchev–Trinajstić information content (AvgIpc) is 2.81. The summed E-state index contributed by atoms with van der Waals surface area (Å²) < 4.78 is 2.07. The minimum Gasteiger partial charge on any atom is -0.322 e. The van der Waals surface area contributed by atoms with Gasteiger partial charge in [0, 0.05) is 38.5 Å². The number of nitrogens with zero attached hydrogens (tertiary/aromatic N) is 5. The summed E-state index contributed by atoms with van der Waals surface area (Å²) in [7, 11) is 4.02. The van der Waals surface area contributed by atoms with Crippen LogP contribution < -0.4 is 9.47 Å². The molecule has 0 bridgehead atoms. The lowest BCUT2D eigenvalue weighted by Crippen LogP contribution is -2.36. The predicted octanol–water partition coefficient (Wildman–Crippen LogP) is 2.41. The number of aryl methyl sites for hydroxylation is 2. The number of hydrogen-bond donors (Lipinski definition) is 0. The fraction of sp³-hybridized carbons (Fsp3) is 0.250. The normalized spacial score (nSPS) is 15.8. The molecule has 1 aliphatic heterocycles. The van der Waals surface area contributed by atoms with Crippen LogP contribution in [0.3, 0.4) is 0 Å². The second-order valence-electron chi connectivity index (χ2n) is 5.17. The molecule has 3 rings (SSSR count). The molecule has 0 N–H and O–H groups in total. The zero-order chi connectivity index (χ0) is 15.7. The predicted molar refractivity (Wildman–Crippen MR) is 88.3 cm³/mol. The molecular weight excluding hydrogens is 294 g/mol. The molecular formula is C16H18N5S+. The van der Waals surface area contributed by atoms with Crippen LogP contribution in [0.2, 0.25) is 0 Å². The number of rotatable bonds is 2. The van der Waals surface area contributed by atoms with E-state index in [9.17, 15) is 0 Å². The van der Waals surface area contributed by atoms with E-state index in [-0.39, 0.29) is 0 Å². The Balaban J connectivity index is 1.84. The Labute approximate surface area is 134 Å². The summed E-state index contributed by atoms with van der Waals surface area (Å²) in [6.07, 6.45) is 9.54. The van der Waals surface area contributed by atoms with Gasteiger partial charge in [0.2, 0.25) is 0 Å². The van der Waals surface area contributed by atoms with Crippen LogP contribution in [0.25, 0.3) is 6.08 Å². The Morgan fingerprint density at radius 1 is 1.23 bits per heavy atom. The molecule has 5 nitrogen and oxygen atoms in total. The van der Waals surface area contributed by atoms with E-state index >= 15 is 0 Å². The maximum Gasteiger partial charge on any atom is 0.323 e. The van der Waals surface area contributed by atoms with Crippen molar-refractivity contribution in [2.75, 3.05) is 11.9 Å². The minimum absolute atomic E-state index is 0.905. The summed E-state index contributed by atoms with van der Waals surface area (Å²) in [6.45, 7) is 4.09. The molecule has 1 aliphatic rings. The molecule has 0 amide bonds. The molecule has 6 heteroatoms. The van der Waals surface area contributed by atoms with Gasteiger partial charge in [-0.05, 0) is 29.7 Å². The van der Waals surface area contributed by atoms with E-state index in [1.54, 1.807) is 24.2 Å². The van der Waals surface area contributed by atoms with E-state index < -0.39 is 0 Å². The molecule has 0 fully saturated rings. The number of allylic oxidation sites excluding steroid dienone is 2. The van der Waals surface area contributed by atoms with E-state index in [1.165, 1.54) is 5.69 Å². The Morgan fingerprint density at radius 3 is 2.77 bits per heavy atom. The van der Waals surface area contributed by atoms with Crippen LogP contribution in [0.1, 0.15) is 17.2 Å². The standard InChI is InChI=1S/C16H18N5S/c1-11-10-12(2)20(3)13(19-11)6-5-7-14-21(4)15-16(22-14)18-9-8-17-15/h5-10H,1-4H3/q+1. The minimum atomic E-state index is 0.905. The molecule has 2 aromatic heterocycles. The Hall–Kier alpha value is -2.21. The Kier molecular flexibility index (Phi) is 3.94. The number of aromatic nitrogens is 4. The SMILES string of the molecule is Cc1cc(C)[n+](C)c(C=CC=C2Sc3nccnc3N2C)n1. The van der Waals surface area contributed by atoms with Crippen LogP contribution in [-0.4, -0.2) is 22.0 Å². The van der Waals surface area contributed by atoms with Gasteiger partial charge in [-0.15, -0.1) is 0 Å². The molecule has 112 valence electrons. The van der Waals surface area contributed by atoms with Crippen molar-refractivity contribution in [2.24, 2.45) is 7.05 Å². The topological polar surface area (TPSA) is 45.8 Å². The highest BCUT2D eigenvalue weighted by Crippen LogP contribution is 2.41. The van der Waals surface area contributed by atoms with Gasteiger partial charge in [0.15, 0.2) is 11.5 Å². The van der Waals surface area contributed by atoms with Crippen molar-refractivity contribution in [3.63, 3.8) is 0 Å². The highest BCUT2D eigenvalue weighted by atomic mass is 32.2. The fourth-order valence-electron chi connectivity index (χ4n) is 2.27. The van der Waals surface area contributed by atoms with E-state index in [4.69, 9.17) is 0 Å². The first kappa shape index (κ1) is 14.7. The quantitative estimate of drug-likeness (QED) is 0.797. The van der Waals surface area contributed by atoms with E-state index in [2.05, 4.69) is 38.6 Å². The molecule has 0 aromatic carbocycles. The van der Waals surface area contributed by atoms with Crippen LogP contribution in [-0.2, 0) is 7.05 Å². The first-order valence-electron chi connectivity index (χ1n) is 7.01. The molecule has 0 saturated carbocycles. The highest BCUT2D eigenvalue weighted by Gasteiger charge is 2.23. The van der Waals surface area contributed by atoms with Gasteiger partial charge in [0.05, 0.1) is 12.1 Å². The van der Waals surface area contributed by atoms with Gasteiger partial charge in [0.25, 0.3) is 0 Å². The van der Waals surface area contributed by atoms with Gasteiger partial charge in [-0.25, -0.2) is 14.5 Å². The first-order valence-corrected chi connectivity index (χ1v) is 7.83. The molecule has 0 atom stereocenters. The summed E-state index contributed by atoms with van der Waals surface area (Å²) in [5.41, 5.74) is 2.21. The van der Waals surface area contributed by atoms with Crippen LogP contribution >= 0.6 is 11.8 Å². The van der Waals surface area contributed by atoms with Crippen LogP contribution in [0.4, 0.5) is 5.82 Å². The molecule has 0 saturated heterocycles. The number of anilines is 1. The van der Waals surface area contributed by atoms with E-state index in [0.717, 1.165) is 27.4 Å². The maximum absolute atomic E-state index is 4.56. The van der Waals surface area contributed by atoms with Crippen molar-refractivity contribution in [1.82, 2.24) is 15.0 Å². The lowest BCUT2D eigenvalue weighted by molar-refractivity contribution is -0.682.